The fourth-order valence-corrected chi connectivity index (χ4v) is 1.97. The predicted octanol–water partition coefficient (Wildman–Crippen LogP) is 0.905. The van der Waals surface area contributed by atoms with Crippen LogP contribution in [0.3, 0.4) is 0 Å². The van der Waals surface area contributed by atoms with Crippen molar-refractivity contribution in [3.05, 3.63) is 0 Å². The van der Waals surface area contributed by atoms with Gasteiger partial charge in [0.2, 0.25) is 0 Å². The highest BCUT2D eigenvalue weighted by molar-refractivity contribution is 5.71. The third-order valence-corrected chi connectivity index (χ3v) is 2.72. The van der Waals surface area contributed by atoms with Gasteiger partial charge < -0.3 is 10.0 Å². The Morgan fingerprint density at radius 1 is 1.50 bits per heavy atom. The fourth-order valence-electron chi connectivity index (χ4n) is 1.97. The van der Waals surface area contributed by atoms with E-state index in [9.17, 15) is 4.79 Å². The first-order valence-electron chi connectivity index (χ1n) is 4.43. The number of hydrogen-bond acceptors (Lipinski definition) is 2. The molecular formula is C9H17NO2. The standard InChI is InChI=1S/C9H17NO2/c1-6(2)7-4-10(3)5-8(7)9(11)12/h6-8H,4-5H2,1-3H3,(H,11,12)/t7-,8+/m0/s1. The lowest BCUT2D eigenvalue weighted by Gasteiger charge is -2.17. The van der Waals surface area contributed by atoms with Gasteiger partial charge >= 0.3 is 5.97 Å². The fraction of sp³-hybridized carbons (Fsp3) is 0.889. The molecule has 3 heteroatoms. The Labute approximate surface area is 73.4 Å². The van der Waals surface area contributed by atoms with Gasteiger partial charge in [0.15, 0.2) is 0 Å². The van der Waals surface area contributed by atoms with Crippen LogP contribution in [-0.4, -0.2) is 36.1 Å². The van der Waals surface area contributed by atoms with E-state index < -0.39 is 5.97 Å². The van der Waals surface area contributed by atoms with Crippen LogP contribution in [0.2, 0.25) is 0 Å². The van der Waals surface area contributed by atoms with E-state index in [1.807, 2.05) is 7.05 Å². The van der Waals surface area contributed by atoms with E-state index >= 15 is 0 Å². The van der Waals surface area contributed by atoms with Crippen molar-refractivity contribution in [2.24, 2.45) is 17.8 Å². The highest BCUT2D eigenvalue weighted by Gasteiger charge is 2.37. The second kappa shape index (κ2) is 3.44. The number of aliphatic carboxylic acids is 1. The summed E-state index contributed by atoms with van der Waals surface area (Å²) in [6.45, 7) is 5.83. The lowest BCUT2D eigenvalue weighted by atomic mass is 9.86. The topological polar surface area (TPSA) is 40.5 Å². The van der Waals surface area contributed by atoms with E-state index in [1.165, 1.54) is 0 Å². The SMILES string of the molecule is CC(C)[C@@H]1CN(C)C[C@H]1C(=O)O. The van der Waals surface area contributed by atoms with Gasteiger partial charge in [0, 0.05) is 13.1 Å². The molecule has 0 aliphatic carbocycles. The molecule has 1 rings (SSSR count). The lowest BCUT2D eigenvalue weighted by molar-refractivity contribution is -0.143. The molecule has 0 aromatic rings. The van der Waals surface area contributed by atoms with E-state index in [4.69, 9.17) is 5.11 Å². The Kier molecular flexibility index (Phi) is 2.73. The molecule has 1 N–H and O–H groups in total. The minimum absolute atomic E-state index is 0.157. The molecule has 0 spiro atoms. The van der Waals surface area contributed by atoms with Gasteiger partial charge in [-0.05, 0) is 18.9 Å². The summed E-state index contributed by atoms with van der Waals surface area (Å²) in [7, 11) is 1.98. The highest BCUT2D eigenvalue weighted by atomic mass is 16.4. The number of hydrogen-bond donors (Lipinski definition) is 1. The third kappa shape index (κ3) is 1.78. The van der Waals surface area contributed by atoms with E-state index in [0.717, 1.165) is 6.54 Å². The summed E-state index contributed by atoms with van der Waals surface area (Å²) in [5, 5.41) is 8.92. The van der Waals surface area contributed by atoms with Crippen LogP contribution in [-0.2, 0) is 4.79 Å². The molecule has 1 fully saturated rings. The summed E-state index contributed by atoms with van der Waals surface area (Å²) in [5.74, 6) is -0.00315. The van der Waals surface area contributed by atoms with E-state index in [1.54, 1.807) is 0 Å². The second-order valence-electron chi connectivity index (χ2n) is 4.07. The molecule has 2 atom stereocenters. The van der Waals surface area contributed by atoms with Crippen molar-refractivity contribution < 1.29 is 9.90 Å². The molecule has 0 unspecified atom stereocenters. The molecule has 1 heterocycles. The van der Waals surface area contributed by atoms with Crippen LogP contribution in [0.4, 0.5) is 0 Å². The molecule has 0 saturated carbocycles. The number of likely N-dealkylation sites (tertiary alicyclic amines) is 1. The van der Waals surface area contributed by atoms with Gasteiger partial charge in [-0.15, -0.1) is 0 Å². The maximum atomic E-state index is 10.8. The van der Waals surface area contributed by atoms with Crippen molar-refractivity contribution in [2.45, 2.75) is 13.8 Å². The number of nitrogens with zero attached hydrogens (tertiary/aromatic N) is 1. The molecule has 1 aliphatic heterocycles. The minimum Gasteiger partial charge on any atom is -0.481 e. The van der Waals surface area contributed by atoms with Crippen LogP contribution in [0, 0.1) is 17.8 Å². The first-order valence-corrected chi connectivity index (χ1v) is 4.43. The van der Waals surface area contributed by atoms with E-state index in [2.05, 4.69) is 18.7 Å². The van der Waals surface area contributed by atoms with Gasteiger partial charge in [-0.3, -0.25) is 4.79 Å². The molecule has 70 valence electrons. The molecule has 0 bridgehead atoms. The quantitative estimate of drug-likeness (QED) is 0.671. The van der Waals surface area contributed by atoms with Crippen molar-refractivity contribution in [3.8, 4) is 0 Å². The Hall–Kier alpha value is -0.570. The molecule has 0 aromatic heterocycles. The normalized spacial score (nSPS) is 31.3. The summed E-state index contributed by atoms with van der Waals surface area (Å²) in [6, 6.07) is 0. The summed E-state index contributed by atoms with van der Waals surface area (Å²) in [6.07, 6.45) is 0. The first kappa shape index (κ1) is 9.52. The average molecular weight is 171 g/mol. The van der Waals surface area contributed by atoms with Crippen LogP contribution in [0.15, 0.2) is 0 Å². The molecule has 12 heavy (non-hydrogen) atoms. The van der Waals surface area contributed by atoms with Crippen LogP contribution < -0.4 is 0 Å². The number of carboxylic acid groups (broad SMARTS) is 1. The van der Waals surface area contributed by atoms with E-state index in [-0.39, 0.29) is 5.92 Å². The maximum absolute atomic E-state index is 10.8. The Morgan fingerprint density at radius 3 is 2.42 bits per heavy atom. The monoisotopic (exact) mass is 171 g/mol. The van der Waals surface area contributed by atoms with Crippen molar-refractivity contribution in [1.29, 1.82) is 0 Å². The van der Waals surface area contributed by atoms with Crippen LogP contribution in [0.25, 0.3) is 0 Å². The van der Waals surface area contributed by atoms with Crippen LogP contribution in [0.1, 0.15) is 13.8 Å². The van der Waals surface area contributed by atoms with Crippen molar-refractivity contribution >= 4 is 5.97 Å². The zero-order chi connectivity index (χ0) is 9.30. The molecule has 0 amide bonds. The predicted molar refractivity (Wildman–Crippen MR) is 47.0 cm³/mol. The number of carboxylic acids is 1. The van der Waals surface area contributed by atoms with Crippen LogP contribution >= 0.6 is 0 Å². The average Bonchev–Trinajstić information content (AvgIpc) is 2.31. The third-order valence-electron chi connectivity index (χ3n) is 2.72. The zero-order valence-corrected chi connectivity index (χ0v) is 7.95. The van der Waals surface area contributed by atoms with Crippen molar-refractivity contribution in [2.75, 3.05) is 20.1 Å². The van der Waals surface area contributed by atoms with Gasteiger partial charge in [-0.25, -0.2) is 0 Å². The first-order chi connectivity index (χ1) is 5.52. The van der Waals surface area contributed by atoms with Crippen LogP contribution in [0.5, 0.6) is 0 Å². The van der Waals surface area contributed by atoms with Gasteiger partial charge in [0.1, 0.15) is 0 Å². The van der Waals surface area contributed by atoms with Crippen molar-refractivity contribution in [3.63, 3.8) is 0 Å². The molecule has 0 aromatic carbocycles. The Bertz CT molecular complexity index is 179. The number of rotatable bonds is 2. The molecule has 1 saturated heterocycles. The Balaban J connectivity index is 2.65. The summed E-state index contributed by atoms with van der Waals surface area (Å²) in [5.41, 5.74) is 0. The molecule has 3 nitrogen and oxygen atoms in total. The van der Waals surface area contributed by atoms with Gasteiger partial charge in [0.25, 0.3) is 0 Å². The maximum Gasteiger partial charge on any atom is 0.308 e. The van der Waals surface area contributed by atoms with Gasteiger partial charge in [-0.1, -0.05) is 13.8 Å². The zero-order valence-electron chi connectivity index (χ0n) is 7.95. The number of carbonyl (C=O) groups is 1. The smallest absolute Gasteiger partial charge is 0.308 e. The van der Waals surface area contributed by atoms with E-state index in [0.29, 0.717) is 18.4 Å². The Morgan fingerprint density at radius 2 is 2.08 bits per heavy atom. The summed E-state index contributed by atoms with van der Waals surface area (Å²) >= 11 is 0. The summed E-state index contributed by atoms with van der Waals surface area (Å²) in [4.78, 5) is 12.9. The molecule has 0 radical (unpaired) electrons. The second-order valence-corrected chi connectivity index (χ2v) is 4.07. The van der Waals surface area contributed by atoms with Gasteiger partial charge in [-0.2, -0.15) is 0 Å². The largest absolute Gasteiger partial charge is 0.481 e. The van der Waals surface area contributed by atoms with Crippen molar-refractivity contribution in [1.82, 2.24) is 4.90 Å². The lowest BCUT2D eigenvalue weighted by Crippen LogP contribution is -2.25. The van der Waals surface area contributed by atoms with Gasteiger partial charge in [0.05, 0.1) is 5.92 Å². The molecular weight excluding hydrogens is 154 g/mol. The summed E-state index contributed by atoms with van der Waals surface area (Å²) < 4.78 is 0. The highest BCUT2D eigenvalue weighted by Crippen LogP contribution is 2.28. The minimum atomic E-state index is -0.641. The molecule has 1 aliphatic rings.